The molecule has 5 heteroatoms. The lowest BCUT2D eigenvalue weighted by atomic mass is 10.0. The Kier molecular flexibility index (Phi) is 3.35. The highest BCUT2D eigenvalue weighted by Gasteiger charge is 2.10. The highest BCUT2D eigenvalue weighted by atomic mass is 16.6. The number of aromatic nitrogens is 2. The molecule has 102 valence electrons. The van der Waals surface area contributed by atoms with Gasteiger partial charge in [-0.05, 0) is 23.8 Å². The van der Waals surface area contributed by atoms with Crippen LogP contribution in [0.3, 0.4) is 0 Å². The molecule has 2 N–H and O–H groups in total. The van der Waals surface area contributed by atoms with Crippen molar-refractivity contribution in [3.63, 3.8) is 0 Å². The maximum Gasteiger partial charge on any atom is 0.145 e. The Balaban J connectivity index is 1.93. The highest BCUT2D eigenvalue weighted by Crippen LogP contribution is 2.28. The number of benzene rings is 2. The third-order valence-electron chi connectivity index (χ3n) is 3.31. The molecule has 0 saturated carbocycles. The molecule has 1 aromatic heterocycles. The first-order chi connectivity index (χ1) is 9.79. The first-order valence-electron chi connectivity index (χ1n) is 6.41. The molecule has 3 aromatic rings. The Morgan fingerprint density at radius 1 is 1.15 bits per heavy atom. The van der Waals surface area contributed by atoms with Crippen molar-refractivity contribution in [2.24, 2.45) is 5.73 Å². The molecule has 0 atom stereocenters. The molecule has 0 radical (unpaired) electrons. The summed E-state index contributed by atoms with van der Waals surface area (Å²) >= 11 is 0. The smallest absolute Gasteiger partial charge is 0.145 e. The highest BCUT2D eigenvalue weighted by molar-refractivity contribution is 5.87. The van der Waals surface area contributed by atoms with Crippen LogP contribution in [0.25, 0.3) is 10.8 Å². The molecule has 0 unspecified atom stereocenters. The molecule has 0 fully saturated rings. The SMILES string of the molecule is Cc1nonc1COc1ccc2ccccc2c1CN. The van der Waals surface area contributed by atoms with E-state index in [-0.39, 0.29) is 0 Å². The topological polar surface area (TPSA) is 74.2 Å². The molecular formula is C15H15N3O2. The molecule has 2 aromatic carbocycles. The Morgan fingerprint density at radius 3 is 2.75 bits per heavy atom. The van der Waals surface area contributed by atoms with E-state index in [2.05, 4.69) is 21.0 Å². The third kappa shape index (κ3) is 2.23. The molecule has 0 aliphatic carbocycles. The number of nitrogens with two attached hydrogens (primary N) is 1. The van der Waals surface area contributed by atoms with Crippen LogP contribution in [0.5, 0.6) is 5.75 Å². The molecule has 5 nitrogen and oxygen atoms in total. The fourth-order valence-electron chi connectivity index (χ4n) is 2.19. The van der Waals surface area contributed by atoms with Gasteiger partial charge in [-0.25, -0.2) is 4.63 Å². The minimum Gasteiger partial charge on any atom is -0.487 e. The summed E-state index contributed by atoms with van der Waals surface area (Å²) in [4.78, 5) is 0. The number of ether oxygens (including phenoxy) is 1. The van der Waals surface area contributed by atoms with Crippen molar-refractivity contribution in [1.29, 1.82) is 0 Å². The number of rotatable bonds is 4. The molecular weight excluding hydrogens is 254 g/mol. The second-order valence-electron chi connectivity index (χ2n) is 4.55. The predicted octanol–water partition coefficient (Wildman–Crippen LogP) is 2.57. The van der Waals surface area contributed by atoms with Gasteiger partial charge in [0.25, 0.3) is 0 Å². The van der Waals surface area contributed by atoms with Crippen LogP contribution < -0.4 is 10.5 Å². The fraction of sp³-hybridized carbons (Fsp3) is 0.200. The van der Waals surface area contributed by atoms with Crippen molar-refractivity contribution in [2.45, 2.75) is 20.1 Å². The molecule has 20 heavy (non-hydrogen) atoms. The van der Waals surface area contributed by atoms with Crippen LogP contribution in [0.1, 0.15) is 17.0 Å². The summed E-state index contributed by atoms with van der Waals surface area (Å²) in [5.74, 6) is 0.772. The van der Waals surface area contributed by atoms with Crippen LogP contribution in [-0.2, 0) is 13.2 Å². The number of nitrogens with zero attached hydrogens (tertiary/aromatic N) is 2. The van der Waals surface area contributed by atoms with Crippen LogP contribution in [0.2, 0.25) is 0 Å². The monoisotopic (exact) mass is 269 g/mol. The van der Waals surface area contributed by atoms with Crippen LogP contribution >= 0.6 is 0 Å². The Bertz CT molecular complexity index is 737. The zero-order valence-corrected chi connectivity index (χ0v) is 11.2. The lowest BCUT2D eigenvalue weighted by molar-refractivity contribution is 0.269. The van der Waals surface area contributed by atoms with Gasteiger partial charge in [0.1, 0.15) is 23.7 Å². The summed E-state index contributed by atoms with van der Waals surface area (Å²) in [5.41, 5.74) is 8.30. The summed E-state index contributed by atoms with van der Waals surface area (Å²) in [6.45, 7) is 2.58. The molecule has 0 spiro atoms. The van der Waals surface area contributed by atoms with Gasteiger partial charge in [0, 0.05) is 12.1 Å². The number of fused-ring (bicyclic) bond motifs is 1. The number of hydrogen-bond donors (Lipinski definition) is 1. The zero-order chi connectivity index (χ0) is 13.9. The van der Waals surface area contributed by atoms with Gasteiger partial charge in [0.05, 0.1) is 0 Å². The van der Waals surface area contributed by atoms with Gasteiger partial charge >= 0.3 is 0 Å². The summed E-state index contributed by atoms with van der Waals surface area (Å²) in [6, 6.07) is 12.1. The molecule has 0 bridgehead atoms. The number of aryl methyl sites for hydroxylation is 1. The lowest BCUT2D eigenvalue weighted by Gasteiger charge is -2.12. The van der Waals surface area contributed by atoms with Gasteiger partial charge in [0.15, 0.2) is 0 Å². The van der Waals surface area contributed by atoms with Crippen molar-refractivity contribution in [1.82, 2.24) is 10.3 Å². The summed E-state index contributed by atoms with van der Waals surface area (Å²) in [5, 5.41) is 9.80. The van der Waals surface area contributed by atoms with E-state index < -0.39 is 0 Å². The normalized spacial score (nSPS) is 10.9. The van der Waals surface area contributed by atoms with Crippen LogP contribution in [-0.4, -0.2) is 10.3 Å². The van der Waals surface area contributed by atoms with Crippen molar-refractivity contribution >= 4 is 10.8 Å². The van der Waals surface area contributed by atoms with E-state index in [1.807, 2.05) is 37.3 Å². The maximum atomic E-state index is 5.87. The molecule has 0 aliphatic rings. The van der Waals surface area contributed by atoms with Gasteiger partial charge in [-0.3, -0.25) is 0 Å². The quantitative estimate of drug-likeness (QED) is 0.788. The van der Waals surface area contributed by atoms with Crippen molar-refractivity contribution in [3.8, 4) is 5.75 Å². The standard InChI is InChI=1S/C15H15N3O2/c1-10-14(18-20-17-10)9-19-15-7-6-11-4-2-3-5-12(11)13(15)8-16/h2-7H,8-9,16H2,1H3. The van der Waals surface area contributed by atoms with Crippen LogP contribution in [0.4, 0.5) is 0 Å². The molecule has 0 aliphatic heterocycles. The lowest BCUT2D eigenvalue weighted by Crippen LogP contribution is -2.04. The van der Waals surface area contributed by atoms with E-state index in [0.29, 0.717) is 18.8 Å². The van der Waals surface area contributed by atoms with Crippen LogP contribution in [0.15, 0.2) is 41.0 Å². The first-order valence-corrected chi connectivity index (χ1v) is 6.41. The molecule has 0 saturated heterocycles. The summed E-state index contributed by atoms with van der Waals surface area (Å²) < 4.78 is 10.5. The second-order valence-corrected chi connectivity index (χ2v) is 4.55. The average Bonchev–Trinajstić information content (AvgIpc) is 2.89. The van der Waals surface area contributed by atoms with Crippen molar-refractivity contribution in [2.75, 3.05) is 0 Å². The van der Waals surface area contributed by atoms with E-state index >= 15 is 0 Å². The van der Waals surface area contributed by atoms with E-state index in [4.69, 9.17) is 10.5 Å². The van der Waals surface area contributed by atoms with Gasteiger partial charge < -0.3 is 10.5 Å². The first kappa shape index (κ1) is 12.6. The fourth-order valence-corrected chi connectivity index (χ4v) is 2.19. The maximum absolute atomic E-state index is 5.87. The Morgan fingerprint density at radius 2 is 2.00 bits per heavy atom. The largest absolute Gasteiger partial charge is 0.487 e. The van der Waals surface area contributed by atoms with Crippen LogP contribution in [0, 0.1) is 6.92 Å². The molecule has 0 amide bonds. The van der Waals surface area contributed by atoms with Gasteiger partial charge in [-0.2, -0.15) is 0 Å². The van der Waals surface area contributed by atoms with E-state index in [1.165, 1.54) is 0 Å². The van der Waals surface area contributed by atoms with Gasteiger partial charge in [0.2, 0.25) is 0 Å². The number of hydrogen-bond acceptors (Lipinski definition) is 5. The Labute approximate surface area is 116 Å². The summed E-state index contributed by atoms with van der Waals surface area (Å²) in [7, 11) is 0. The predicted molar refractivity (Wildman–Crippen MR) is 75.2 cm³/mol. The Hall–Kier alpha value is -2.40. The van der Waals surface area contributed by atoms with E-state index in [9.17, 15) is 0 Å². The average molecular weight is 269 g/mol. The summed E-state index contributed by atoms with van der Waals surface area (Å²) in [6.07, 6.45) is 0. The van der Waals surface area contributed by atoms with Crippen molar-refractivity contribution < 1.29 is 9.37 Å². The van der Waals surface area contributed by atoms with Gasteiger partial charge in [-0.15, -0.1) is 0 Å². The van der Waals surface area contributed by atoms with Gasteiger partial charge in [-0.1, -0.05) is 40.6 Å². The van der Waals surface area contributed by atoms with Crippen molar-refractivity contribution in [3.05, 3.63) is 53.3 Å². The minimum atomic E-state index is 0.320. The minimum absolute atomic E-state index is 0.320. The molecule has 1 heterocycles. The third-order valence-corrected chi connectivity index (χ3v) is 3.31. The van der Waals surface area contributed by atoms with E-state index in [0.717, 1.165) is 27.8 Å². The van der Waals surface area contributed by atoms with E-state index in [1.54, 1.807) is 0 Å². The molecule has 3 rings (SSSR count). The zero-order valence-electron chi connectivity index (χ0n) is 11.2. The second kappa shape index (κ2) is 5.30.